The van der Waals surface area contributed by atoms with Crippen LogP contribution in [0.1, 0.15) is 33.3 Å². The van der Waals surface area contributed by atoms with Crippen LogP contribution in [0.5, 0.6) is 5.75 Å². The Kier molecular flexibility index (Phi) is 5.36. The third-order valence-electron chi connectivity index (χ3n) is 3.42. The minimum absolute atomic E-state index is 0.156. The van der Waals surface area contributed by atoms with Crippen LogP contribution >= 0.6 is 0 Å². The maximum absolute atomic E-state index is 12.2. The molecular formula is C19H21NO4. The van der Waals surface area contributed by atoms with Gasteiger partial charge < -0.3 is 4.74 Å². The Morgan fingerprint density at radius 2 is 1.67 bits per heavy atom. The number of hydroxylamine groups is 2. The second-order valence-corrected chi connectivity index (χ2v) is 6.05. The van der Waals surface area contributed by atoms with E-state index in [4.69, 9.17) is 4.74 Å². The molecule has 1 aromatic carbocycles. The van der Waals surface area contributed by atoms with Crippen LogP contribution < -0.4 is 4.74 Å². The van der Waals surface area contributed by atoms with E-state index in [9.17, 15) is 14.8 Å². The Morgan fingerprint density at radius 1 is 1.04 bits per heavy atom. The van der Waals surface area contributed by atoms with Gasteiger partial charge in [-0.2, -0.15) is 0 Å². The molecule has 0 aliphatic carbocycles. The Bertz CT molecular complexity index is 746. The molecule has 0 saturated heterocycles. The van der Waals surface area contributed by atoms with E-state index in [-0.39, 0.29) is 16.2 Å². The van der Waals surface area contributed by atoms with Crippen molar-refractivity contribution in [2.24, 2.45) is 0 Å². The molecule has 0 bridgehead atoms. The molecule has 1 heterocycles. The van der Waals surface area contributed by atoms with E-state index in [1.165, 1.54) is 5.57 Å². The molecule has 2 amide bonds. The van der Waals surface area contributed by atoms with E-state index in [2.05, 4.69) is 0 Å². The van der Waals surface area contributed by atoms with Crippen molar-refractivity contribution in [3.63, 3.8) is 0 Å². The molecule has 0 atom stereocenters. The van der Waals surface area contributed by atoms with Gasteiger partial charge in [-0.05, 0) is 57.5 Å². The summed E-state index contributed by atoms with van der Waals surface area (Å²) in [7, 11) is 0. The maximum Gasteiger partial charge on any atom is 0.286 e. The predicted octanol–water partition coefficient (Wildman–Crippen LogP) is 3.51. The summed E-state index contributed by atoms with van der Waals surface area (Å²) in [4.78, 5) is 24.2. The van der Waals surface area contributed by atoms with Gasteiger partial charge in [-0.1, -0.05) is 23.3 Å². The van der Waals surface area contributed by atoms with Gasteiger partial charge in [-0.15, -0.1) is 5.06 Å². The fourth-order valence-corrected chi connectivity index (χ4v) is 2.26. The van der Waals surface area contributed by atoms with Crippen molar-refractivity contribution in [1.82, 2.24) is 5.06 Å². The van der Waals surface area contributed by atoms with Gasteiger partial charge in [0.1, 0.15) is 12.4 Å². The van der Waals surface area contributed by atoms with E-state index < -0.39 is 11.8 Å². The number of amides is 2. The first-order valence-corrected chi connectivity index (χ1v) is 7.64. The molecule has 2 rings (SSSR count). The Hall–Kier alpha value is -2.66. The lowest BCUT2D eigenvalue weighted by Crippen LogP contribution is -2.27. The number of allylic oxidation sites excluding steroid dienone is 2. The second-order valence-electron chi connectivity index (χ2n) is 6.05. The number of nitrogens with zero attached hydrogens (tertiary/aromatic N) is 1. The van der Waals surface area contributed by atoms with Crippen molar-refractivity contribution in [3.8, 4) is 5.75 Å². The number of hydrogen-bond donors (Lipinski definition) is 1. The van der Waals surface area contributed by atoms with Gasteiger partial charge >= 0.3 is 0 Å². The highest BCUT2D eigenvalue weighted by atomic mass is 16.5. The second kappa shape index (κ2) is 7.27. The van der Waals surface area contributed by atoms with Gasteiger partial charge in [0.2, 0.25) is 0 Å². The summed E-state index contributed by atoms with van der Waals surface area (Å²) in [5.41, 5.74) is 2.98. The van der Waals surface area contributed by atoms with Crippen LogP contribution in [0.2, 0.25) is 0 Å². The Balaban J connectivity index is 2.33. The van der Waals surface area contributed by atoms with Crippen LogP contribution in [0.3, 0.4) is 0 Å². The molecular weight excluding hydrogens is 306 g/mol. The number of rotatable bonds is 5. The summed E-state index contributed by atoms with van der Waals surface area (Å²) in [5, 5.41) is 9.79. The summed E-state index contributed by atoms with van der Waals surface area (Å²) < 4.78 is 5.58. The molecule has 24 heavy (non-hydrogen) atoms. The summed E-state index contributed by atoms with van der Waals surface area (Å²) in [5.74, 6) is -0.760. The fraction of sp³-hybridized carbons (Fsp3) is 0.263. The number of carbonyl (C=O) groups is 2. The standard InChI is InChI=1S/C19H21NO4/c1-12(2)9-10-24-15-7-5-14(6-8-15)17-16(11-13(3)4)18(21)20(23)19(17)22/h5-9,11,23H,10H2,1-4H3. The average molecular weight is 327 g/mol. The minimum atomic E-state index is -0.717. The Labute approximate surface area is 141 Å². The Morgan fingerprint density at radius 3 is 2.21 bits per heavy atom. The van der Waals surface area contributed by atoms with Gasteiger partial charge in [-0.3, -0.25) is 14.8 Å². The molecule has 5 heteroatoms. The number of carbonyl (C=O) groups excluding carboxylic acids is 2. The molecule has 1 N–H and O–H groups in total. The first-order valence-electron chi connectivity index (χ1n) is 7.64. The zero-order valence-corrected chi connectivity index (χ0v) is 14.3. The SMILES string of the molecule is CC(C)=CCOc1ccc(C2=C(C=C(C)C)C(=O)N(O)C2=O)cc1. The number of hydrogen-bond acceptors (Lipinski definition) is 4. The predicted molar refractivity (Wildman–Crippen MR) is 91.4 cm³/mol. The highest BCUT2D eigenvalue weighted by Gasteiger charge is 2.37. The highest BCUT2D eigenvalue weighted by molar-refractivity contribution is 6.36. The van der Waals surface area contributed by atoms with Crippen LogP contribution in [0.4, 0.5) is 0 Å². The first kappa shape index (κ1) is 17.7. The van der Waals surface area contributed by atoms with E-state index in [0.717, 1.165) is 5.57 Å². The van der Waals surface area contributed by atoms with Gasteiger partial charge in [0, 0.05) is 0 Å². The van der Waals surface area contributed by atoms with Crippen molar-refractivity contribution in [2.75, 3.05) is 6.61 Å². The van der Waals surface area contributed by atoms with Crippen molar-refractivity contribution in [2.45, 2.75) is 27.7 Å². The zero-order valence-electron chi connectivity index (χ0n) is 14.3. The van der Waals surface area contributed by atoms with Crippen molar-refractivity contribution in [1.29, 1.82) is 0 Å². The first-order chi connectivity index (χ1) is 11.3. The van der Waals surface area contributed by atoms with E-state index >= 15 is 0 Å². The van der Waals surface area contributed by atoms with E-state index in [1.54, 1.807) is 30.3 Å². The molecule has 0 saturated carbocycles. The van der Waals surface area contributed by atoms with Gasteiger partial charge in [-0.25, -0.2) is 0 Å². The number of imide groups is 1. The lowest BCUT2D eigenvalue weighted by atomic mass is 10.00. The molecule has 0 unspecified atom stereocenters. The van der Waals surface area contributed by atoms with Crippen molar-refractivity contribution >= 4 is 17.4 Å². The molecule has 0 spiro atoms. The lowest BCUT2D eigenvalue weighted by molar-refractivity contribution is -0.169. The highest BCUT2D eigenvalue weighted by Crippen LogP contribution is 2.30. The quantitative estimate of drug-likeness (QED) is 0.510. The molecule has 0 aromatic heterocycles. The largest absolute Gasteiger partial charge is 0.490 e. The monoisotopic (exact) mass is 327 g/mol. The number of benzene rings is 1. The molecule has 0 radical (unpaired) electrons. The summed E-state index contributed by atoms with van der Waals surface area (Å²) >= 11 is 0. The molecule has 126 valence electrons. The van der Waals surface area contributed by atoms with Crippen LogP contribution in [0.25, 0.3) is 5.57 Å². The molecule has 1 aliphatic heterocycles. The third kappa shape index (κ3) is 3.81. The molecule has 0 fully saturated rings. The molecule has 5 nitrogen and oxygen atoms in total. The van der Waals surface area contributed by atoms with Crippen LogP contribution in [-0.4, -0.2) is 28.7 Å². The van der Waals surface area contributed by atoms with Crippen LogP contribution in [-0.2, 0) is 9.59 Å². The molecule has 1 aromatic rings. The summed E-state index contributed by atoms with van der Waals surface area (Å²) in [6, 6.07) is 6.88. The van der Waals surface area contributed by atoms with E-state index in [1.807, 2.05) is 33.8 Å². The minimum Gasteiger partial charge on any atom is -0.490 e. The average Bonchev–Trinajstić information content (AvgIpc) is 2.72. The smallest absolute Gasteiger partial charge is 0.286 e. The van der Waals surface area contributed by atoms with Gasteiger partial charge in [0.25, 0.3) is 11.8 Å². The number of ether oxygens (including phenoxy) is 1. The topological polar surface area (TPSA) is 66.8 Å². The van der Waals surface area contributed by atoms with Gasteiger partial charge in [0.05, 0.1) is 11.1 Å². The summed E-state index contributed by atoms with van der Waals surface area (Å²) in [6.07, 6.45) is 3.57. The van der Waals surface area contributed by atoms with Crippen molar-refractivity contribution < 1.29 is 19.5 Å². The normalized spacial score (nSPS) is 14.1. The maximum atomic E-state index is 12.2. The van der Waals surface area contributed by atoms with Crippen LogP contribution in [0, 0.1) is 0 Å². The van der Waals surface area contributed by atoms with Crippen molar-refractivity contribution in [3.05, 3.63) is 58.7 Å². The molecule has 1 aliphatic rings. The van der Waals surface area contributed by atoms with E-state index in [0.29, 0.717) is 17.9 Å². The van der Waals surface area contributed by atoms with Gasteiger partial charge in [0.15, 0.2) is 0 Å². The fourth-order valence-electron chi connectivity index (χ4n) is 2.26. The zero-order chi connectivity index (χ0) is 17.9. The van der Waals surface area contributed by atoms with Crippen LogP contribution in [0.15, 0.2) is 53.1 Å². The summed E-state index contributed by atoms with van der Waals surface area (Å²) in [6.45, 7) is 8.10. The third-order valence-corrected chi connectivity index (χ3v) is 3.42. The lowest BCUT2D eigenvalue weighted by Gasteiger charge is -2.07.